The Kier molecular flexibility index (Phi) is 4.41. The van der Waals surface area contributed by atoms with Crippen molar-refractivity contribution < 1.29 is 9.63 Å². The Bertz CT molecular complexity index is 694. The summed E-state index contributed by atoms with van der Waals surface area (Å²) in [4.78, 5) is 17.0. The highest BCUT2D eigenvalue weighted by Gasteiger charge is 2.16. The van der Waals surface area contributed by atoms with Crippen LogP contribution in [0.3, 0.4) is 0 Å². The van der Waals surface area contributed by atoms with Gasteiger partial charge in [-0.3, -0.25) is 9.63 Å². The molecule has 108 valence electrons. The average molecular weight is 283 g/mol. The molecule has 1 aromatic heterocycles. The molecule has 1 amide bonds. The van der Waals surface area contributed by atoms with Crippen LogP contribution in [0.4, 0.5) is 0 Å². The summed E-state index contributed by atoms with van der Waals surface area (Å²) in [7, 11) is 0. The number of amides is 1. The molecule has 1 aromatic carbocycles. The van der Waals surface area contributed by atoms with Gasteiger partial charge in [0.2, 0.25) is 0 Å². The van der Waals surface area contributed by atoms with E-state index in [-0.39, 0.29) is 5.91 Å². The standard InChI is InChI=1S/C16H17N3O2/c1-4-21-18-16(20)15-9-11(2)19(12(15)3)14-7-5-13(10-17)6-8-14/h5-9H,4H2,1-3H3,(H,18,20). The van der Waals surface area contributed by atoms with Gasteiger partial charge in [-0.05, 0) is 51.1 Å². The van der Waals surface area contributed by atoms with Gasteiger partial charge in [-0.1, -0.05) is 0 Å². The third-order valence-corrected chi connectivity index (χ3v) is 3.24. The van der Waals surface area contributed by atoms with Crippen LogP contribution in [0.5, 0.6) is 0 Å². The highest BCUT2D eigenvalue weighted by atomic mass is 16.6. The summed E-state index contributed by atoms with van der Waals surface area (Å²) in [6.45, 7) is 6.04. The lowest BCUT2D eigenvalue weighted by Gasteiger charge is -2.10. The van der Waals surface area contributed by atoms with Gasteiger partial charge < -0.3 is 4.57 Å². The molecular weight excluding hydrogens is 266 g/mol. The van der Waals surface area contributed by atoms with Gasteiger partial charge in [0.25, 0.3) is 5.91 Å². The Morgan fingerprint density at radius 2 is 2.00 bits per heavy atom. The summed E-state index contributed by atoms with van der Waals surface area (Å²) < 4.78 is 1.97. The molecule has 1 N–H and O–H groups in total. The Balaban J connectivity index is 2.39. The molecule has 0 spiro atoms. The van der Waals surface area contributed by atoms with Gasteiger partial charge in [-0.15, -0.1) is 0 Å². The van der Waals surface area contributed by atoms with Crippen LogP contribution >= 0.6 is 0 Å². The topological polar surface area (TPSA) is 67.0 Å². The van der Waals surface area contributed by atoms with Crippen molar-refractivity contribution in [1.29, 1.82) is 5.26 Å². The first kappa shape index (κ1) is 14.8. The van der Waals surface area contributed by atoms with E-state index in [0.29, 0.717) is 17.7 Å². The second-order valence-electron chi connectivity index (χ2n) is 4.64. The fourth-order valence-corrected chi connectivity index (χ4v) is 2.27. The number of nitriles is 1. The smallest absolute Gasteiger partial charge is 0.276 e. The minimum atomic E-state index is -0.259. The molecule has 0 atom stereocenters. The Labute approximate surface area is 123 Å². The molecule has 0 radical (unpaired) electrons. The molecule has 21 heavy (non-hydrogen) atoms. The summed E-state index contributed by atoms with van der Waals surface area (Å²) >= 11 is 0. The summed E-state index contributed by atoms with van der Waals surface area (Å²) in [5, 5.41) is 8.84. The van der Waals surface area contributed by atoms with Crippen LogP contribution in [-0.4, -0.2) is 17.1 Å². The van der Waals surface area contributed by atoms with Crippen molar-refractivity contribution in [3.8, 4) is 11.8 Å². The van der Waals surface area contributed by atoms with Crippen LogP contribution < -0.4 is 5.48 Å². The second kappa shape index (κ2) is 6.25. The predicted octanol–water partition coefficient (Wildman–Crippen LogP) is 2.65. The minimum absolute atomic E-state index is 0.259. The van der Waals surface area contributed by atoms with Crippen LogP contribution in [0.1, 0.15) is 34.2 Å². The molecule has 0 aliphatic heterocycles. The van der Waals surface area contributed by atoms with Crippen molar-refractivity contribution in [2.45, 2.75) is 20.8 Å². The number of hydroxylamine groups is 1. The molecule has 0 fully saturated rings. The maximum atomic E-state index is 12.0. The number of nitrogens with zero attached hydrogens (tertiary/aromatic N) is 2. The fourth-order valence-electron chi connectivity index (χ4n) is 2.27. The van der Waals surface area contributed by atoms with Gasteiger partial charge in [0.05, 0.1) is 23.8 Å². The monoisotopic (exact) mass is 283 g/mol. The van der Waals surface area contributed by atoms with E-state index in [0.717, 1.165) is 17.1 Å². The molecule has 0 unspecified atom stereocenters. The van der Waals surface area contributed by atoms with Gasteiger partial charge in [0.15, 0.2) is 0 Å². The fraction of sp³-hybridized carbons (Fsp3) is 0.250. The number of hydrogen-bond acceptors (Lipinski definition) is 3. The molecule has 5 nitrogen and oxygen atoms in total. The average Bonchev–Trinajstić information content (AvgIpc) is 2.80. The van der Waals surface area contributed by atoms with Crippen molar-refractivity contribution in [2.75, 3.05) is 6.61 Å². The number of aromatic nitrogens is 1. The maximum Gasteiger partial charge on any atom is 0.276 e. The molecule has 0 aliphatic rings. The number of nitrogens with one attached hydrogen (secondary N) is 1. The maximum absolute atomic E-state index is 12.0. The first-order valence-corrected chi connectivity index (χ1v) is 6.70. The third-order valence-electron chi connectivity index (χ3n) is 3.24. The van der Waals surface area contributed by atoms with Gasteiger partial charge in [0.1, 0.15) is 0 Å². The van der Waals surface area contributed by atoms with Gasteiger partial charge in [-0.2, -0.15) is 5.26 Å². The molecule has 0 aliphatic carbocycles. The molecule has 1 heterocycles. The van der Waals surface area contributed by atoms with Crippen molar-refractivity contribution in [3.05, 3.63) is 52.8 Å². The normalized spacial score (nSPS) is 10.2. The zero-order valence-electron chi connectivity index (χ0n) is 12.3. The largest absolute Gasteiger partial charge is 0.318 e. The highest BCUT2D eigenvalue weighted by Crippen LogP contribution is 2.21. The van der Waals surface area contributed by atoms with E-state index in [9.17, 15) is 4.79 Å². The molecule has 2 rings (SSSR count). The van der Waals surface area contributed by atoms with E-state index in [2.05, 4.69) is 11.5 Å². The number of carbonyl (C=O) groups is 1. The molecule has 0 saturated heterocycles. The molecule has 2 aromatic rings. The van der Waals surface area contributed by atoms with Crippen LogP contribution in [0.25, 0.3) is 5.69 Å². The first-order valence-electron chi connectivity index (χ1n) is 6.70. The van der Waals surface area contributed by atoms with E-state index < -0.39 is 0 Å². The van der Waals surface area contributed by atoms with Crippen LogP contribution in [0.15, 0.2) is 30.3 Å². The molecule has 0 bridgehead atoms. The lowest BCUT2D eigenvalue weighted by molar-refractivity contribution is 0.0364. The van der Waals surface area contributed by atoms with Crippen LogP contribution in [-0.2, 0) is 4.84 Å². The van der Waals surface area contributed by atoms with Crippen LogP contribution in [0, 0.1) is 25.2 Å². The lowest BCUT2D eigenvalue weighted by atomic mass is 10.2. The first-order chi connectivity index (χ1) is 10.1. The van der Waals surface area contributed by atoms with Crippen molar-refractivity contribution in [2.24, 2.45) is 0 Å². The van der Waals surface area contributed by atoms with Crippen molar-refractivity contribution >= 4 is 5.91 Å². The zero-order valence-corrected chi connectivity index (χ0v) is 12.3. The van der Waals surface area contributed by atoms with Crippen LogP contribution in [0.2, 0.25) is 0 Å². The number of carbonyl (C=O) groups excluding carboxylic acids is 1. The van der Waals surface area contributed by atoms with Crippen molar-refractivity contribution in [1.82, 2.24) is 10.0 Å². The zero-order chi connectivity index (χ0) is 15.4. The van der Waals surface area contributed by atoms with Crippen molar-refractivity contribution in [3.63, 3.8) is 0 Å². The quantitative estimate of drug-likeness (QED) is 0.877. The van der Waals surface area contributed by atoms with E-state index in [1.807, 2.05) is 36.6 Å². The van der Waals surface area contributed by atoms with E-state index in [1.54, 1.807) is 19.1 Å². The lowest BCUT2D eigenvalue weighted by Crippen LogP contribution is -2.24. The molecule has 5 heteroatoms. The number of hydrogen-bond donors (Lipinski definition) is 1. The summed E-state index contributed by atoms with van der Waals surface area (Å²) in [5.74, 6) is -0.259. The Morgan fingerprint density at radius 3 is 2.57 bits per heavy atom. The number of benzene rings is 1. The number of rotatable bonds is 4. The molecular formula is C16H17N3O2. The van der Waals surface area contributed by atoms with Gasteiger partial charge in [0, 0.05) is 17.1 Å². The Hall–Kier alpha value is -2.58. The third kappa shape index (κ3) is 2.96. The summed E-state index contributed by atoms with van der Waals surface area (Å²) in [6, 6.07) is 11.2. The van der Waals surface area contributed by atoms with E-state index in [1.165, 1.54) is 0 Å². The number of aryl methyl sites for hydroxylation is 1. The summed E-state index contributed by atoms with van der Waals surface area (Å²) in [6.07, 6.45) is 0. The SMILES string of the molecule is CCONC(=O)c1cc(C)n(-c2ccc(C#N)cc2)c1C. The minimum Gasteiger partial charge on any atom is -0.318 e. The van der Waals surface area contributed by atoms with Gasteiger partial charge >= 0.3 is 0 Å². The van der Waals surface area contributed by atoms with Gasteiger partial charge in [-0.25, -0.2) is 5.48 Å². The summed E-state index contributed by atoms with van der Waals surface area (Å²) in [5.41, 5.74) is 6.27. The van der Waals surface area contributed by atoms with E-state index >= 15 is 0 Å². The Morgan fingerprint density at radius 1 is 1.33 bits per heavy atom. The highest BCUT2D eigenvalue weighted by molar-refractivity contribution is 5.95. The molecule has 0 saturated carbocycles. The predicted molar refractivity (Wildman–Crippen MR) is 79.1 cm³/mol. The van der Waals surface area contributed by atoms with E-state index in [4.69, 9.17) is 10.1 Å². The second-order valence-corrected chi connectivity index (χ2v) is 4.64.